The highest BCUT2D eigenvalue weighted by atomic mass is 32.2. The minimum absolute atomic E-state index is 0.521. The Hall–Kier alpha value is -0.990. The summed E-state index contributed by atoms with van der Waals surface area (Å²) in [4.78, 5) is 0. The average molecular weight is 346 g/mol. The number of hydrogen-bond donors (Lipinski definition) is 1. The summed E-state index contributed by atoms with van der Waals surface area (Å²) < 4.78 is 0. The first-order valence-electron chi connectivity index (χ1n) is 9.57. The van der Waals surface area contributed by atoms with Crippen molar-refractivity contribution in [3.63, 3.8) is 0 Å². The maximum Gasteiger partial charge on any atom is 0.0543 e. The van der Waals surface area contributed by atoms with E-state index in [1.807, 2.05) is 0 Å². The van der Waals surface area contributed by atoms with E-state index in [0.717, 1.165) is 0 Å². The molecule has 1 aliphatic carbocycles. The molecule has 2 rings (SSSR count). The Morgan fingerprint density at radius 2 is 1.67 bits per heavy atom. The second-order valence-corrected chi connectivity index (χ2v) is 7.31. The summed E-state index contributed by atoms with van der Waals surface area (Å²) in [5.41, 5.74) is 2.92. The third kappa shape index (κ3) is 8.75. The predicted molar refractivity (Wildman–Crippen MR) is 112 cm³/mol. The molecule has 0 aliphatic heterocycles. The highest BCUT2D eigenvalue weighted by molar-refractivity contribution is 7.99. The van der Waals surface area contributed by atoms with Gasteiger partial charge < -0.3 is 5.32 Å². The fourth-order valence-corrected chi connectivity index (χ4v) is 3.74. The standard InChI is InChI=1S/C16H20S.C6H15N/c1-2-13-17-16(14-9-5-3-6-10-14)15-11-7-4-8-12-15;1-3-5-7-6-4-2/h3,5-7,9-12,16H,2,4,8,13H2,1H3;7H,3-6H2,1-2H3. The molecule has 1 aromatic carbocycles. The van der Waals surface area contributed by atoms with Gasteiger partial charge in [0.1, 0.15) is 0 Å². The van der Waals surface area contributed by atoms with Crippen molar-refractivity contribution >= 4 is 11.8 Å². The monoisotopic (exact) mass is 345 g/mol. The van der Waals surface area contributed by atoms with E-state index in [1.165, 1.54) is 62.1 Å². The lowest BCUT2D eigenvalue weighted by atomic mass is 9.99. The zero-order valence-corrected chi connectivity index (χ0v) is 16.6. The number of benzene rings is 1. The maximum absolute atomic E-state index is 3.28. The van der Waals surface area contributed by atoms with Gasteiger partial charge in [0.05, 0.1) is 5.25 Å². The number of hydrogen-bond acceptors (Lipinski definition) is 2. The van der Waals surface area contributed by atoms with Crippen LogP contribution < -0.4 is 5.32 Å². The van der Waals surface area contributed by atoms with Crippen molar-refractivity contribution in [2.45, 2.75) is 58.1 Å². The molecule has 1 unspecified atom stereocenters. The quantitative estimate of drug-likeness (QED) is 0.510. The molecule has 1 N–H and O–H groups in total. The van der Waals surface area contributed by atoms with Crippen LogP contribution in [0.1, 0.15) is 63.7 Å². The third-order valence-corrected chi connectivity index (χ3v) is 5.29. The highest BCUT2D eigenvalue weighted by Crippen LogP contribution is 2.38. The van der Waals surface area contributed by atoms with Gasteiger partial charge in [-0.2, -0.15) is 0 Å². The first kappa shape index (κ1) is 21.1. The Bertz CT molecular complexity index is 460. The molecule has 1 atom stereocenters. The lowest BCUT2D eigenvalue weighted by Gasteiger charge is -2.20. The van der Waals surface area contributed by atoms with Gasteiger partial charge in [-0.25, -0.2) is 0 Å². The molecule has 1 aliphatic rings. The number of rotatable bonds is 9. The normalized spacial score (nSPS) is 14.5. The fraction of sp³-hybridized carbons (Fsp3) is 0.545. The van der Waals surface area contributed by atoms with Crippen molar-refractivity contribution in [1.29, 1.82) is 0 Å². The Balaban J connectivity index is 0.000000351. The van der Waals surface area contributed by atoms with Crippen LogP contribution in [0.3, 0.4) is 0 Å². The van der Waals surface area contributed by atoms with Gasteiger partial charge in [-0.3, -0.25) is 0 Å². The largest absolute Gasteiger partial charge is 0.317 e. The van der Waals surface area contributed by atoms with E-state index in [9.17, 15) is 0 Å². The minimum atomic E-state index is 0.521. The van der Waals surface area contributed by atoms with Crippen molar-refractivity contribution in [2.75, 3.05) is 18.8 Å². The van der Waals surface area contributed by atoms with E-state index in [-0.39, 0.29) is 0 Å². The van der Waals surface area contributed by atoms with E-state index in [4.69, 9.17) is 0 Å². The first-order valence-corrected chi connectivity index (χ1v) is 10.6. The molecule has 0 amide bonds. The zero-order chi connectivity index (χ0) is 17.5. The second kappa shape index (κ2) is 14.4. The highest BCUT2D eigenvalue weighted by Gasteiger charge is 2.15. The molecular weight excluding hydrogens is 310 g/mol. The number of thioether (sulfide) groups is 1. The van der Waals surface area contributed by atoms with Gasteiger partial charge in [0.2, 0.25) is 0 Å². The summed E-state index contributed by atoms with van der Waals surface area (Å²) in [7, 11) is 0. The molecule has 24 heavy (non-hydrogen) atoms. The van der Waals surface area contributed by atoms with Gasteiger partial charge in [-0.05, 0) is 62.1 Å². The molecule has 0 fully saturated rings. The molecule has 0 radical (unpaired) electrons. The molecular formula is C22H35NS. The van der Waals surface area contributed by atoms with E-state index >= 15 is 0 Å². The van der Waals surface area contributed by atoms with Crippen LogP contribution in [0.25, 0.3) is 0 Å². The van der Waals surface area contributed by atoms with E-state index in [0.29, 0.717) is 5.25 Å². The summed E-state index contributed by atoms with van der Waals surface area (Å²) in [5.74, 6) is 1.23. The van der Waals surface area contributed by atoms with Crippen LogP contribution >= 0.6 is 11.8 Å². The summed E-state index contributed by atoms with van der Waals surface area (Å²) >= 11 is 2.06. The van der Waals surface area contributed by atoms with Gasteiger partial charge in [-0.1, -0.05) is 69.3 Å². The number of allylic oxidation sites excluding steroid dienone is 3. The second-order valence-electron chi connectivity index (χ2n) is 6.10. The molecule has 2 heteroatoms. The van der Waals surface area contributed by atoms with Crippen molar-refractivity contribution in [2.24, 2.45) is 0 Å². The molecule has 0 saturated heterocycles. The molecule has 0 aromatic heterocycles. The van der Waals surface area contributed by atoms with Crippen molar-refractivity contribution in [1.82, 2.24) is 5.32 Å². The van der Waals surface area contributed by atoms with Crippen molar-refractivity contribution in [3.8, 4) is 0 Å². The fourth-order valence-electron chi connectivity index (χ4n) is 2.56. The van der Waals surface area contributed by atoms with Crippen molar-refractivity contribution < 1.29 is 0 Å². The zero-order valence-electron chi connectivity index (χ0n) is 15.8. The summed E-state index contributed by atoms with van der Waals surface area (Å²) in [6.45, 7) is 8.97. The third-order valence-electron chi connectivity index (χ3n) is 3.77. The smallest absolute Gasteiger partial charge is 0.0543 e. The van der Waals surface area contributed by atoms with Gasteiger partial charge in [0.15, 0.2) is 0 Å². The van der Waals surface area contributed by atoms with Crippen LogP contribution in [0.15, 0.2) is 54.1 Å². The van der Waals surface area contributed by atoms with Crippen molar-refractivity contribution in [3.05, 3.63) is 59.7 Å². The van der Waals surface area contributed by atoms with E-state index in [2.05, 4.69) is 86.4 Å². The molecule has 0 saturated carbocycles. The van der Waals surface area contributed by atoms with Gasteiger partial charge >= 0.3 is 0 Å². The lowest BCUT2D eigenvalue weighted by Crippen LogP contribution is -2.14. The summed E-state index contributed by atoms with van der Waals surface area (Å²) in [5, 5.41) is 3.81. The van der Waals surface area contributed by atoms with Crippen LogP contribution in [0, 0.1) is 0 Å². The maximum atomic E-state index is 3.28. The molecule has 0 bridgehead atoms. The molecule has 0 spiro atoms. The minimum Gasteiger partial charge on any atom is -0.317 e. The van der Waals surface area contributed by atoms with Crippen LogP contribution in [-0.2, 0) is 0 Å². The first-order chi connectivity index (χ1) is 11.8. The van der Waals surface area contributed by atoms with E-state index < -0.39 is 0 Å². The Labute approximate surface area is 154 Å². The molecule has 1 aromatic rings. The molecule has 1 nitrogen and oxygen atoms in total. The van der Waals surface area contributed by atoms with Crippen LogP contribution in [0.5, 0.6) is 0 Å². The topological polar surface area (TPSA) is 12.0 Å². The summed E-state index contributed by atoms with van der Waals surface area (Å²) in [6.07, 6.45) is 13.2. The average Bonchev–Trinajstić information content (AvgIpc) is 2.65. The Morgan fingerprint density at radius 1 is 0.958 bits per heavy atom. The molecule has 134 valence electrons. The van der Waals surface area contributed by atoms with Gasteiger partial charge in [0.25, 0.3) is 0 Å². The van der Waals surface area contributed by atoms with Crippen LogP contribution in [-0.4, -0.2) is 18.8 Å². The van der Waals surface area contributed by atoms with Crippen LogP contribution in [0.4, 0.5) is 0 Å². The SMILES string of the molecule is CCCNCCC.CCCSC(C1=CCCC=C1)c1ccccc1. The number of nitrogens with one attached hydrogen (secondary N) is 1. The van der Waals surface area contributed by atoms with E-state index in [1.54, 1.807) is 0 Å². The van der Waals surface area contributed by atoms with Crippen LogP contribution in [0.2, 0.25) is 0 Å². The predicted octanol–water partition coefficient (Wildman–Crippen LogP) is 6.54. The lowest BCUT2D eigenvalue weighted by molar-refractivity contribution is 0.662. The molecule has 0 heterocycles. The summed E-state index contributed by atoms with van der Waals surface area (Å²) in [6, 6.07) is 10.9. The van der Waals surface area contributed by atoms with Gasteiger partial charge in [-0.15, -0.1) is 11.8 Å². The van der Waals surface area contributed by atoms with Gasteiger partial charge in [0, 0.05) is 0 Å². The Morgan fingerprint density at radius 3 is 2.21 bits per heavy atom. The Kier molecular flexibility index (Phi) is 12.6.